The van der Waals surface area contributed by atoms with E-state index in [2.05, 4.69) is 0 Å². The molecular formula is C9H20N4O3S. The SMILES string of the molecule is CC(CCN)C(=O)N1CCN(S(N)(=O)=O)CC1. The first kappa shape index (κ1) is 14.4. The monoisotopic (exact) mass is 264 g/mol. The standard InChI is InChI=1S/C9H20N4O3S/c1-8(2-3-10)9(14)12-4-6-13(7-5-12)17(11,15)16/h8H,2-7,10H2,1H3,(H2,11,15,16). The lowest BCUT2D eigenvalue weighted by atomic mass is 10.1. The van der Waals surface area contributed by atoms with Gasteiger partial charge in [-0.2, -0.15) is 12.7 Å². The minimum absolute atomic E-state index is 0.0320. The molecule has 0 aromatic rings. The van der Waals surface area contributed by atoms with Crippen LogP contribution in [0.2, 0.25) is 0 Å². The molecule has 8 heteroatoms. The highest BCUT2D eigenvalue weighted by Crippen LogP contribution is 2.10. The number of nitrogens with two attached hydrogens (primary N) is 2. The van der Waals surface area contributed by atoms with Crippen LogP contribution in [0.25, 0.3) is 0 Å². The molecule has 1 aliphatic rings. The van der Waals surface area contributed by atoms with Crippen LogP contribution >= 0.6 is 0 Å². The number of piperazine rings is 1. The number of amides is 1. The van der Waals surface area contributed by atoms with Crippen molar-refractivity contribution in [3.63, 3.8) is 0 Å². The van der Waals surface area contributed by atoms with Gasteiger partial charge in [-0.05, 0) is 13.0 Å². The zero-order valence-corrected chi connectivity index (χ0v) is 10.8. The van der Waals surface area contributed by atoms with Gasteiger partial charge in [-0.15, -0.1) is 0 Å². The molecule has 0 aromatic carbocycles. The summed E-state index contributed by atoms with van der Waals surface area (Å²) >= 11 is 0. The predicted molar refractivity (Wildman–Crippen MR) is 64.1 cm³/mol. The van der Waals surface area contributed by atoms with E-state index in [4.69, 9.17) is 10.9 Å². The third-order valence-corrected chi connectivity index (χ3v) is 4.02. The summed E-state index contributed by atoms with van der Waals surface area (Å²) in [6.07, 6.45) is 0.647. The van der Waals surface area contributed by atoms with Crippen LogP contribution in [0.1, 0.15) is 13.3 Å². The van der Waals surface area contributed by atoms with Crippen LogP contribution in [-0.2, 0) is 15.0 Å². The molecule has 1 rings (SSSR count). The number of carbonyl (C=O) groups is 1. The highest BCUT2D eigenvalue weighted by atomic mass is 32.2. The Hall–Kier alpha value is -0.700. The second kappa shape index (κ2) is 5.76. The van der Waals surface area contributed by atoms with E-state index in [1.165, 1.54) is 4.31 Å². The summed E-state index contributed by atoms with van der Waals surface area (Å²) < 4.78 is 23.4. The fourth-order valence-corrected chi connectivity index (χ4v) is 2.52. The molecular weight excluding hydrogens is 244 g/mol. The van der Waals surface area contributed by atoms with Crippen molar-refractivity contribution in [1.82, 2.24) is 9.21 Å². The van der Waals surface area contributed by atoms with Crippen LogP contribution in [0.15, 0.2) is 0 Å². The van der Waals surface area contributed by atoms with Crippen LogP contribution in [0.5, 0.6) is 0 Å². The maximum Gasteiger partial charge on any atom is 0.277 e. The van der Waals surface area contributed by atoms with Gasteiger partial charge in [-0.25, -0.2) is 5.14 Å². The van der Waals surface area contributed by atoms with Crippen LogP contribution in [0.3, 0.4) is 0 Å². The van der Waals surface area contributed by atoms with E-state index in [9.17, 15) is 13.2 Å². The molecule has 7 nitrogen and oxygen atoms in total. The Bertz CT molecular complexity index is 362. The summed E-state index contributed by atoms with van der Waals surface area (Å²) in [5.74, 6) is -0.0782. The smallest absolute Gasteiger partial charge is 0.277 e. The maximum atomic E-state index is 11.9. The molecule has 1 atom stereocenters. The van der Waals surface area contributed by atoms with Crippen molar-refractivity contribution in [3.8, 4) is 0 Å². The van der Waals surface area contributed by atoms with E-state index in [1.807, 2.05) is 6.92 Å². The van der Waals surface area contributed by atoms with E-state index in [1.54, 1.807) is 4.90 Å². The van der Waals surface area contributed by atoms with Gasteiger partial charge in [0.15, 0.2) is 0 Å². The van der Waals surface area contributed by atoms with E-state index in [0.29, 0.717) is 26.1 Å². The number of nitrogens with zero attached hydrogens (tertiary/aromatic N) is 2. The number of carbonyl (C=O) groups excluding carboxylic acids is 1. The molecule has 1 amide bonds. The van der Waals surface area contributed by atoms with E-state index in [-0.39, 0.29) is 24.9 Å². The highest BCUT2D eigenvalue weighted by Gasteiger charge is 2.28. The largest absolute Gasteiger partial charge is 0.340 e. The van der Waals surface area contributed by atoms with Crippen molar-refractivity contribution < 1.29 is 13.2 Å². The van der Waals surface area contributed by atoms with Crippen molar-refractivity contribution in [2.45, 2.75) is 13.3 Å². The van der Waals surface area contributed by atoms with Gasteiger partial charge in [0.2, 0.25) is 5.91 Å². The average molecular weight is 264 g/mol. The van der Waals surface area contributed by atoms with Crippen molar-refractivity contribution in [3.05, 3.63) is 0 Å². The molecule has 1 unspecified atom stereocenters. The van der Waals surface area contributed by atoms with E-state index in [0.717, 1.165) is 0 Å². The van der Waals surface area contributed by atoms with Gasteiger partial charge in [-0.3, -0.25) is 4.79 Å². The molecule has 0 aliphatic carbocycles. The Balaban J connectivity index is 2.49. The Morgan fingerprint density at radius 1 is 1.29 bits per heavy atom. The summed E-state index contributed by atoms with van der Waals surface area (Å²) in [6.45, 7) is 3.62. The molecule has 0 bridgehead atoms. The van der Waals surface area contributed by atoms with Crippen molar-refractivity contribution in [1.29, 1.82) is 0 Å². The maximum absolute atomic E-state index is 11.9. The molecule has 4 N–H and O–H groups in total. The quantitative estimate of drug-likeness (QED) is 0.632. The molecule has 100 valence electrons. The molecule has 0 saturated carbocycles. The van der Waals surface area contributed by atoms with Gasteiger partial charge in [0.05, 0.1) is 0 Å². The van der Waals surface area contributed by atoms with Crippen LogP contribution < -0.4 is 10.9 Å². The summed E-state index contributed by atoms with van der Waals surface area (Å²) in [7, 11) is -3.63. The number of hydrogen-bond acceptors (Lipinski definition) is 4. The van der Waals surface area contributed by atoms with Gasteiger partial charge in [0.25, 0.3) is 10.2 Å². The molecule has 0 spiro atoms. The summed E-state index contributed by atoms with van der Waals surface area (Å²) in [6, 6.07) is 0. The van der Waals surface area contributed by atoms with Gasteiger partial charge >= 0.3 is 0 Å². The first-order chi connectivity index (χ1) is 7.86. The minimum atomic E-state index is -3.63. The highest BCUT2D eigenvalue weighted by molar-refractivity contribution is 7.86. The third kappa shape index (κ3) is 3.91. The minimum Gasteiger partial charge on any atom is -0.340 e. The second-order valence-electron chi connectivity index (χ2n) is 4.25. The summed E-state index contributed by atoms with van der Waals surface area (Å²) in [5, 5.41) is 5.02. The van der Waals surface area contributed by atoms with Gasteiger partial charge < -0.3 is 10.6 Å². The first-order valence-corrected chi connectivity index (χ1v) is 7.13. The van der Waals surface area contributed by atoms with Gasteiger partial charge in [0.1, 0.15) is 0 Å². The Kier molecular flexibility index (Phi) is 4.87. The van der Waals surface area contributed by atoms with Crippen molar-refractivity contribution in [2.24, 2.45) is 16.8 Å². The topological polar surface area (TPSA) is 110 Å². The summed E-state index contributed by atoms with van der Waals surface area (Å²) in [4.78, 5) is 13.6. The van der Waals surface area contributed by atoms with Crippen LogP contribution in [0.4, 0.5) is 0 Å². The molecule has 0 aromatic heterocycles. The van der Waals surface area contributed by atoms with Gasteiger partial charge in [0, 0.05) is 32.1 Å². The molecule has 1 fully saturated rings. The Labute approximate surface area is 102 Å². The van der Waals surface area contributed by atoms with E-state index < -0.39 is 10.2 Å². The molecule has 1 aliphatic heterocycles. The zero-order valence-electron chi connectivity index (χ0n) is 10.0. The van der Waals surface area contributed by atoms with Crippen LogP contribution in [-0.4, -0.2) is 56.3 Å². The molecule has 1 saturated heterocycles. The lowest BCUT2D eigenvalue weighted by Crippen LogP contribution is -2.53. The van der Waals surface area contributed by atoms with Crippen LogP contribution in [0, 0.1) is 5.92 Å². The van der Waals surface area contributed by atoms with Crippen molar-refractivity contribution >= 4 is 16.1 Å². The summed E-state index contributed by atoms with van der Waals surface area (Å²) in [5.41, 5.74) is 5.40. The normalized spacial score (nSPS) is 20.3. The van der Waals surface area contributed by atoms with Crippen molar-refractivity contribution in [2.75, 3.05) is 32.7 Å². The first-order valence-electron chi connectivity index (χ1n) is 5.63. The fourth-order valence-electron chi connectivity index (χ4n) is 1.85. The Morgan fingerprint density at radius 3 is 2.24 bits per heavy atom. The molecule has 1 heterocycles. The number of hydrogen-bond donors (Lipinski definition) is 2. The molecule has 17 heavy (non-hydrogen) atoms. The predicted octanol–water partition coefficient (Wildman–Crippen LogP) is -1.68. The van der Waals surface area contributed by atoms with Gasteiger partial charge in [-0.1, -0.05) is 6.92 Å². The zero-order chi connectivity index (χ0) is 13.1. The second-order valence-corrected chi connectivity index (χ2v) is 5.79. The lowest BCUT2D eigenvalue weighted by molar-refractivity contribution is -0.136. The Morgan fingerprint density at radius 2 is 1.82 bits per heavy atom. The third-order valence-electron chi connectivity index (χ3n) is 2.93. The molecule has 0 radical (unpaired) electrons. The fraction of sp³-hybridized carbons (Fsp3) is 0.889. The average Bonchev–Trinajstić information content (AvgIpc) is 2.27. The number of rotatable bonds is 4. The van der Waals surface area contributed by atoms with E-state index >= 15 is 0 Å². The lowest BCUT2D eigenvalue weighted by Gasteiger charge is -2.34.